The van der Waals surface area contributed by atoms with E-state index >= 15 is 0 Å². The Morgan fingerprint density at radius 2 is 1.81 bits per heavy atom. The molecule has 0 fully saturated rings. The van der Waals surface area contributed by atoms with Gasteiger partial charge in [0.25, 0.3) is 0 Å². The van der Waals surface area contributed by atoms with Gasteiger partial charge in [-0.3, -0.25) is 4.98 Å². The van der Waals surface area contributed by atoms with Crippen molar-refractivity contribution >= 4 is 17.5 Å². The number of hydrogen-bond donors (Lipinski definition) is 0. The Kier molecular flexibility index (Phi) is 3.82. The predicted molar refractivity (Wildman–Crippen MR) is 108 cm³/mol. The molecule has 1 aromatic heterocycles. The van der Waals surface area contributed by atoms with Gasteiger partial charge in [0.1, 0.15) is 5.82 Å². The lowest BCUT2D eigenvalue weighted by Crippen LogP contribution is -2.21. The van der Waals surface area contributed by atoms with Gasteiger partial charge in [-0.2, -0.15) is 0 Å². The van der Waals surface area contributed by atoms with Crippen LogP contribution in [0.5, 0.6) is 0 Å². The summed E-state index contributed by atoms with van der Waals surface area (Å²) < 4.78 is 13.7. The fourth-order valence-corrected chi connectivity index (χ4v) is 4.77. The van der Waals surface area contributed by atoms with E-state index in [1.54, 1.807) is 12.1 Å². The molecule has 1 aliphatic heterocycles. The van der Waals surface area contributed by atoms with Crippen LogP contribution in [-0.2, 0) is 12.8 Å². The molecule has 3 aromatic rings. The third-order valence-corrected chi connectivity index (χ3v) is 6.05. The van der Waals surface area contributed by atoms with Crippen LogP contribution in [0.4, 0.5) is 15.8 Å². The molecule has 0 saturated heterocycles. The second kappa shape index (κ2) is 6.34. The maximum Gasteiger partial charge on any atom is 0.123 e. The minimum Gasteiger partial charge on any atom is -0.339 e. The van der Waals surface area contributed by atoms with Crippen molar-refractivity contribution in [1.29, 1.82) is 0 Å². The summed E-state index contributed by atoms with van der Waals surface area (Å²) in [5.74, 6) is 0.793. The zero-order valence-electron chi connectivity index (χ0n) is 15.1. The molecule has 0 amide bonds. The van der Waals surface area contributed by atoms with Gasteiger partial charge in [-0.15, -0.1) is 0 Å². The first-order valence-corrected chi connectivity index (χ1v) is 9.45. The lowest BCUT2D eigenvalue weighted by molar-refractivity contribution is 0.463. The van der Waals surface area contributed by atoms with E-state index in [-0.39, 0.29) is 5.82 Å². The maximum absolute atomic E-state index is 13.7. The molecule has 0 spiro atoms. The number of benzene rings is 2. The van der Waals surface area contributed by atoms with E-state index in [0.29, 0.717) is 11.8 Å². The van der Waals surface area contributed by atoms with Crippen LogP contribution < -0.4 is 4.90 Å². The summed E-state index contributed by atoms with van der Waals surface area (Å²) in [4.78, 5) is 6.65. The largest absolute Gasteiger partial charge is 0.339 e. The second-order valence-electron chi connectivity index (χ2n) is 7.50. The number of pyridine rings is 1. The van der Waals surface area contributed by atoms with Crippen LogP contribution in [0.1, 0.15) is 28.2 Å². The molecule has 2 aliphatic rings. The number of aromatic nitrogens is 1. The normalized spacial score (nSPS) is 18.4. The van der Waals surface area contributed by atoms with Crippen LogP contribution in [0, 0.1) is 11.7 Å². The van der Waals surface area contributed by atoms with Crippen LogP contribution in [0.15, 0.2) is 67.5 Å². The number of anilines is 2. The van der Waals surface area contributed by atoms with Gasteiger partial charge in [-0.1, -0.05) is 36.9 Å². The number of rotatable bonds is 3. The Bertz CT molecular complexity index is 1000. The molecule has 3 heteroatoms. The summed E-state index contributed by atoms with van der Waals surface area (Å²) in [6.45, 7) is 4.77. The fraction of sp³-hybridized carbons (Fsp3) is 0.208. The minimum atomic E-state index is -0.234. The summed E-state index contributed by atoms with van der Waals surface area (Å²) in [7, 11) is 0. The summed E-state index contributed by atoms with van der Waals surface area (Å²) in [5.41, 5.74) is 7.25. The monoisotopic (exact) mass is 356 g/mol. The van der Waals surface area contributed by atoms with E-state index in [1.165, 1.54) is 22.8 Å². The Hall–Kier alpha value is -2.94. The molecular weight excluding hydrogens is 335 g/mol. The van der Waals surface area contributed by atoms with Crippen LogP contribution >= 0.6 is 0 Å². The Balaban J connectivity index is 1.53. The molecule has 2 heterocycles. The Morgan fingerprint density at radius 1 is 1.04 bits per heavy atom. The van der Waals surface area contributed by atoms with Gasteiger partial charge in [-0.05, 0) is 59.7 Å². The molecule has 2 nitrogen and oxygen atoms in total. The summed E-state index contributed by atoms with van der Waals surface area (Å²) in [5, 5.41) is 0. The van der Waals surface area contributed by atoms with Gasteiger partial charge < -0.3 is 4.90 Å². The van der Waals surface area contributed by atoms with Crippen molar-refractivity contribution in [2.75, 3.05) is 11.4 Å². The average Bonchev–Trinajstić information content (AvgIpc) is 3.29. The molecule has 5 rings (SSSR count). The van der Waals surface area contributed by atoms with E-state index in [4.69, 9.17) is 0 Å². The molecule has 1 aliphatic carbocycles. The number of nitrogens with zero attached hydrogens (tertiary/aromatic N) is 2. The molecule has 1 atom stereocenters. The molecule has 0 saturated carbocycles. The predicted octanol–water partition coefficient (Wildman–Crippen LogP) is 5.51. The van der Waals surface area contributed by atoms with Crippen LogP contribution in [0.25, 0.3) is 6.08 Å². The van der Waals surface area contributed by atoms with E-state index in [0.717, 1.165) is 36.3 Å². The van der Waals surface area contributed by atoms with Crippen molar-refractivity contribution in [3.8, 4) is 0 Å². The van der Waals surface area contributed by atoms with Crippen molar-refractivity contribution in [2.24, 2.45) is 5.92 Å². The molecule has 0 bridgehead atoms. The topological polar surface area (TPSA) is 16.1 Å². The van der Waals surface area contributed by atoms with Gasteiger partial charge in [0, 0.05) is 29.9 Å². The summed E-state index contributed by atoms with van der Waals surface area (Å²) in [6, 6.07) is 15.9. The molecule has 2 aromatic carbocycles. The van der Waals surface area contributed by atoms with E-state index in [9.17, 15) is 4.39 Å². The van der Waals surface area contributed by atoms with Crippen LogP contribution in [-0.4, -0.2) is 11.5 Å². The minimum absolute atomic E-state index is 0.234. The smallest absolute Gasteiger partial charge is 0.123 e. The lowest BCUT2D eigenvalue weighted by Gasteiger charge is -2.23. The zero-order valence-corrected chi connectivity index (χ0v) is 15.1. The average molecular weight is 356 g/mol. The molecule has 0 N–H and O–H groups in total. The standard InChI is InChI=1S/C24H21FN2/c1-2-16-13-20(25)7-8-23(16)27-15-22(21-9-10-26-14-24(21)27)19-11-17-5-3-4-6-18(17)12-19/h2-10,13-14,19,22H,1,11-12,15H2. The van der Waals surface area contributed by atoms with Gasteiger partial charge >= 0.3 is 0 Å². The maximum atomic E-state index is 13.7. The molecular formula is C24H21FN2. The molecule has 0 radical (unpaired) electrons. The number of halogens is 1. The van der Waals surface area contributed by atoms with Crippen molar-refractivity contribution in [1.82, 2.24) is 4.98 Å². The van der Waals surface area contributed by atoms with Gasteiger partial charge in [-0.25, -0.2) is 4.39 Å². The van der Waals surface area contributed by atoms with E-state index in [2.05, 4.69) is 46.8 Å². The third kappa shape index (κ3) is 2.66. The van der Waals surface area contributed by atoms with Gasteiger partial charge in [0.15, 0.2) is 0 Å². The van der Waals surface area contributed by atoms with Crippen molar-refractivity contribution < 1.29 is 4.39 Å². The summed E-state index contributed by atoms with van der Waals surface area (Å²) >= 11 is 0. The summed E-state index contributed by atoms with van der Waals surface area (Å²) in [6.07, 6.45) is 7.79. The molecule has 134 valence electrons. The fourth-order valence-electron chi connectivity index (χ4n) is 4.77. The highest BCUT2D eigenvalue weighted by atomic mass is 19.1. The molecule has 27 heavy (non-hydrogen) atoms. The Labute approximate surface area is 159 Å². The van der Waals surface area contributed by atoms with Crippen LogP contribution in [0.3, 0.4) is 0 Å². The highest BCUT2D eigenvalue weighted by Crippen LogP contribution is 2.47. The van der Waals surface area contributed by atoms with E-state index < -0.39 is 0 Å². The van der Waals surface area contributed by atoms with Crippen LogP contribution in [0.2, 0.25) is 0 Å². The highest BCUT2D eigenvalue weighted by Gasteiger charge is 2.38. The first-order chi connectivity index (χ1) is 13.2. The van der Waals surface area contributed by atoms with Crippen molar-refractivity contribution in [3.63, 3.8) is 0 Å². The number of hydrogen-bond acceptors (Lipinski definition) is 2. The van der Waals surface area contributed by atoms with Gasteiger partial charge in [0.2, 0.25) is 0 Å². The Morgan fingerprint density at radius 3 is 2.56 bits per heavy atom. The highest BCUT2D eigenvalue weighted by molar-refractivity contribution is 5.77. The first kappa shape index (κ1) is 16.2. The molecule has 1 unspecified atom stereocenters. The van der Waals surface area contributed by atoms with Gasteiger partial charge in [0.05, 0.1) is 11.9 Å². The van der Waals surface area contributed by atoms with E-state index in [1.807, 2.05) is 18.5 Å². The number of fused-ring (bicyclic) bond motifs is 2. The second-order valence-corrected chi connectivity index (χ2v) is 7.50. The van der Waals surface area contributed by atoms with Crippen molar-refractivity contribution in [2.45, 2.75) is 18.8 Å². The SMILES string of the molecule is C=Cc1cc(F)ccc1N1CC(C2Cc3ccccc3C2)c2ccncc21. The lowest BCUT2D eigenvalue weighted by atomic mass is 9.86. The zero-order chi connectivity index (χ0) is 18.4. The third-order valence-electron chi connectivity index (χ3n) is 6.05. The van der Waals surface area contributed by atoms with Crippen molar-refractivity contribution in [3.05, 3.63) is 95.6 Å². The quantitative estimate of drug-likeness (QED) is 0.615. The first-order valence-electron chi connectivity index (χ1n) is 9.45.